The Morgan fingerprint density at radius 1 is 1.24 bits per heavy atom. The zero-order valence-electron chi connectivity index (χ0n) is 9.55. The quantitative estimate of drug-likeness (QED) is 0.829. The Morgan fingerprint density at radius 3 is 2.59 bits per heavy atom. The molecule has 0 aliphatic carbocycles. The normalized spacial score (nSPS) is 27.3. The minimum Gasteiger partial charge on any atom is -0.311 e. The molecule has 2 heterocycles. The SMILES string of the molecule is Fc1ccc(C=C2CC3CCC(C2)N3)cc1Br. The van der Waals surface area contributed by atoms with Gasteiger partial charge in [0.1, 0.15) is 5.82 Å². The molecule has 1 aromatic carbocycles. The Balaban J connectivity index is 1.83. The first-order chi connectivity index (χ1) is 8.20. The van der Waals surface area contributed by atoms with Crippen molar-refractivity contribution in [1.29, 1.82) is 0 Å². The van der Waals surface area contributed by atoms with Gasteiger partial charge < -0.3 is 5.32 Å². The molecule has 1 N–H and O–H groups in total. The maximum atomic E-state index is 13.1. The van der Waals surface area contributed by atoms with Crippen molar-refractivity contribution in [3.63, 3.8) is 0 Å². The van der Waals surface area contributed by atoms with Crippen LogP contribution in [0.1, 0.15) is 31.2 Å². The van der Waals surface area contributed by atoms with Gasteiger partial charge in [0.15, 0.2) is 0 Å². The highest BCUT2D eigenvalue weighted by atomic mass is 79.9. The number of fused-ring (bicyclic) bond motifs is 2. The molecule has 0 saturated carbocycles. The first-order valence-corrected chi connectivity index (χ1v) is 6.90. The number of halogens is 2. The van der Waals surface area contributed by atoms with Crippen LogP contribution in [-0.2, 0) is 0 Å². The van der Waals surface area contributed by atoms with E-state index in [0.717, 1.165) is 18.4 Å². The summed E-state index contributed by atoms with van der Waals surface area (Å²) in [4.78, 5) is 0. The van der Waals surface area contributed by atoms with Crippen LogP contribution in [0.15, 0.2) is 28.2 Å². The molecular formula is C14H15BrFN. The molecule has 2 bridgehead atoms. The first kappa shape index (κ1) is 11.4. The number of rotatable bonds is 1. The predicted octanol–water partition coefficient (Wildman–Crippen LogP) is 3.89. The molecule has 1 aromatic rings. The third-order valence-electron chi connectivity index (χ3n) is 3.67. The van der Waals surface area contributed by atoms with Gasteiger partial charge in [-0.3, -0.25) is 0 Å². The second kappa shape index (κ2) is 4.54. The van der Waals surface area contributed by atoms with Crippen LogP contribution in [0.2, 0.25) is 0 Å². The summed E-state index contributed by atoms with van der Waals surface area (Å²) in [6.07, 6.45) is 7.11. The van der Waals surface area contributed by atoms with E-state index in [2.05, 4.69) is 27.3 Å². The third kappa shape index (κ3) is 2.45. The molecule has 2 aliphatic heterocycles. The molecule has 2 fully saturated rings. The number of piperidine rings is 1. The van der Waals surface area contributed by atoms with Gasteiger partial charge >= 0.3 is 0 Å². The summed E-state index contributed by atoms with van der Waals surface area (Å²) >= 11 is 3.23. The van der Waals surface area contributed by atoms with Gasteiger partial charge in [-0.1, -0.05) is 17.7 Å². The van der Waals surface area contributed by atoms with Crippen LogP contribution in [0.25, 0.3) is 6.08 Å². The number of benzene rings is 1. The largest absolute Gasteiger partial charge is 0.311 e. The topological polar surface area (TPSA) is 12.0 Å². The summed E-state index contributed by atoms with van der Waals surface area (Å²) in [7, 11) is 0. The van der Waals surface area contributed by atoms with Crippen molar-refractivity contribution >= 4 is 22.0 Å². The smallest absolute Gasteiger partial charge is 0.137 e. The fourth-order valence-electron chi connectivity index (χ4n) is 2.90. The second-order valence-electron chi connectivity index (χ2n) is 5.02. The van der Waals surface area contributed by atoms with Gasteiger partial charge in [-0.15, -0.1) is 0 Å². The highest BCUT2D eigenvalue weighted by Crippen LogP contribution is 2.31. The summed E-state index contributed by atoms with van der Waals surface area (Å²) in [6, 6.07) is 6.56. The Kier molecular flexibility index (Phi) is 3.05. The molecule has 0 spiro atoms. The van der Waals surface area contributed by atoms with Crippen molar-refractivity contribution in [2.24, 2.45) is 0 Å². The fourth-order valence-corrected chi connectivity index (χ4v) is 3.29. The Labute approximate surface area is 109 Å². The van der Waals surface area contributed by atoms with Gasteiger partial charge in [-0.25, -0.2) is 4.39 Å². The molecule has 90 valence electrons. The van der Waals surface area contributed by atoms with E-state index in [1.165, 1.54) is 24.5 Å². The Hall–Kier alpha value is -0.670. The van der Waals surface area contributed by atoms with Crippen molar-refractivity contribution in [2.75, 3.05) is 0 Å². The second-order valence-corrected chi connectivity index (χ2v) is 5.88. The van der Waals surface area contributed by atoms with E-state index < -0.39 is 0 Å². The van der Waals surface area contributed by atoms with Crippen LogP contribution in [-0.4, -0.2) is 12.1 Å². The van der Waals surface area contributed by atoms with Crippen molar-refractivity contribution in [3.8, 4) is 0 Å². The monoisotopic (exact) mass is 295 g/mol. The molecular weight excluding hydrogens is 281 g/mol. The molecule has 3 rings (SSSR count). The molecule has 2 unspecified atom stereocenters. The van der Waals surface area contributed by atoms with Crippen LogP contribution in [0.3, 0.4) is 0 Å². The average Bonchev–Trinajstić information content (AvgIpc) is 2.64. The predicted molar refractivity (Wildman–Crippen MR) is 71.3 cm³/mol. The van der Waals surface area contributed by atoms with Crippen molar-refractivity contribution in [3.05, 3.63) is 39.6 Å². The summed E-state index contributed by atoms with van der Waals surface area (Å²) in [5.41, 5.74) is 2.59. The maximum absolute atomic E-state index is 13.1. The molecule has 0 amide bonds. The summed E-state index contributed by atoms with van der Waals surface area (Å²) in [5.74, 6) is -0.197. The summed E-state index contributed by atoms with van der Waals surface area (Å²) in [6.45, 7) is 0. The molecule has 2 saturated heterocycles. The Bertz CT molecular complexity index is 455. The van der Waals surface area contributed by atoms with Crippen LogP contribution < -0.4 is 5.32 Å². The van der Waals surface area contributed by atoms with Gasteiger partial charge in [0, 0.05) is 12.1 Å². The molecule has 0 radical (unpaired) electrons. The standard InChI is InChI=1S/C14H15BrFN/c15-13-8-9(1-4-14(13)16)5-10-6-11-2-3-12(7-10)17-11/h1,4-5,8,11-12,17H,2-3,6-7H2. The van der Waals surface area contributed by atoms with Crippen molar-refractivity contribution in [1.82, 2.24) is 5.32 Å². The summed E-state index contributed by atoms with van der Waals surface area (Å²) < 4.78 is 13.7. The van der Waals surface area contributed by atoms with E-state index >= 15 is 0 Å². The Morgan fingerprint density at radius 2 is 1.94 bits per heavy atom. The van der Waals surface area contributed by atoms with Crippen LogP contribution in [0.5, 0.6) is 0 Å². The lowest BCUT2D eigenvalue weighted by molar-refractivity contribution is 0.476. The van der Waals surface area contributed by atoms with E-state index in [0.29, 0.717) is 16.6 Å². The number of hydrogen-bond donors (Lipinski definition) is 1. The zero-order valence-corrected chi connectivity index (χ0v) is 11.1. The van der Waals surface area contributed by atoms with Gasteiger partial charge in [-0.2, -0.15) is 0 Å². The molecule has 3 heteroatoms. The zero-order chi connectivity index (χ0) is 11.8. The third-order valence-corrected chi connectivity index (χ3v) is 4.27. The highest BCUT2D eigenvalue weighted by Gasteiger charge is 2.29. The average molecular weight is 296 g/mol. The number of nitrogens with one attached hydrogen (secondary N) is 1. The molecule has 17 heavy (non-hydrogen) atoms. The van der Waals surface area contributed by atoms with E-state index in [-0.39, 0.29) is 5.82 Å². The van der Waals surface area contributed by atoms with Crippen LogP contribution >= 0.6 is 15.9 Å². The lowest BCUT2D eigenvalue weighted by Gasteiger charge is -2.23. The van der Waals surface area contributed by atoms with Gasteiger partial charge in [0.05, 0.1) is 4.47 Å². The van der Waals surface area contributed by atoms with Gasteiger partial charge in [-0.05, 0) is 59.3 Å². The lowest BCUT2D eigenvalue weighted by Crippen LogP contribution is -2.34. The highest BCUT2D eigenvalue weighted by molar-refractivity contribution is 9.10. The summed E-state index contributed by atoms with van der Waals surface area (Å²) in [5, 5.41) is 3.62. The van der Waals surface area contributed by atoms with E-state index in [1.807, 2.05) is 12.1 Å². The molecule has 1 nitrogen and oxygen atoms in total. The minimum absolute atomic E-state index is 0.197. The minimum atomic E-state index is -0.197. The van der Waals surface area contributed by atoms with Crippen molar-refractivity contribution in [2.45, 2.75) is 37.8 Å². The number of hydrogen-bond acceptors (Lipinski definition) is 1. The maximum Gasteiger partial charge on any atom is 0.137 e. The molecule has 0 aromatic heterocycles. The van der Waals surface area contributed by atoms with E-state index in [4.69, 9.17) is 0 Å². The first-order valence-electron chi connectivity index (χ1n) is 6.11. The molecule has 2 aliphatic rings. The fraction of sp³-hybridized carbons (Fsp3) is 0.429. The van der Waals surface area contributed by atoms with Crippen molar-refractivity contribution < 1.29 is 4.39 Å². The van der Waals surface area contributed by atoms with Crippen LogP contribution in [0, 0.1) is 5.82 Å². The van der Waals surface area contributed by atoms with Gasteiger partial charge in [0.25, 0.3) is 0 Å². The van der Waals surface area contributed by atoms with Crippen LogP contribution in [0.4, 0.5) is 4.39 Å². The van der Waals surface area contributed by atoms with E-state index in [1.54, 1.807) is 0 Å². The van der Waals surface area contributed by atoms with Gasteiger partial charge in [0.2, 0.25) is 0 Å². The lowest BCUT2D eigenvalue weighted by atomic mass is 9.97. The van der Waals surface area contributed by atoms with E-state index in [9.17, 15) is 4.39 Å². The molecule has 2 atom stereocenters.